The van der Waals surface area contributed by atoms with E-state index in [0.717, 1.165) is 45.6 Å². The number of aryl methyl sites for hydroxylation is 4. The molecule has 1 heterocycles. The number of benzene rings is 2. The number of nitrogens with zero attached hydrogens (tertiary/aromatic N) is 2. The first-order chi connectivity index (χ1) is 14.4. The summed E-state index contributed by atoms with van der Waals surface area (Å²) in [6.07, 6.45) is 2.37. The van der Waals surface area contributed by atoms with Crippen molar-refractivity contribution in [1.82, 2.24) is 10.2 Å². The van der Waals surface area contributed by atoms with Gasteiger partial charge in [0.2, 0.25) is 5.91 Å². The maximum Gasteiger partial charge on any atom is 0.220 e. The summed E-state index contributed by atoms with van der Waals surface area (Å²) in [5.41, 5.74) is 6.47. The molecule has 1 amide bonds. The molecule has 0 aromatic heterocycles. The quantitative estimate of drug-likeness (QED) is 0.710. The lowest BCUT2D eigenvalue weighted by molar-refractivity contribution is -0.121. The molecule has 0 aliphatic carbocycles. The lowest BCUT2D eigenvalue weighted by Gasteiger charge is -2.36. The van der Waals surface area contributed by atoms with Crippen molar-refractivity contribution in [2.24, 2.45) is 0 Å². The Bertz CT molecular complexity index is 840. The smallest absolute Gasteiger partial charge is 0.220 e. The Balaban J connectivity index is 1.34. The minimum atomic E-state index is 0.159. The first kappa shape index (κ1) is 22.4. The van der Waals surface area contributed by atoms with Gasteiger partial charge in [-0.15, -0.1) is 0 Å². The number of anilines is 1. The van der Waals surface area contributed by atoms with Gasteiger partial charge >= 0.3 is 0 Å². The van der Waals surface area contributed by atoms with E-state index in [0.29, 0.717) is 6.42 Å². The largest absolute Gasteiger partial charge is 0.369 e. The lowest BCUT2D eigenvalue weighted by Crippen LogP contribution is -2.47. The van der Waals surface area contributed by atoms with E-state index >= 15 is 0 Å². The summed E-state index contributed by atoms with van der Waals surface area (Å²) >= 11 is 0. The fourth-order valence-corrected chi connectivity index (χ4v) is 4.22. The Morgan fingerprint density at radius 3 is 2.43 bits per heavy atom. The van der Waals surface area contributed by atoms with Gasteiger partial charge in [-0.2, -0.15) is 0 Å². The molecule has 0 bridgehead atoms. The van der Waals surface area contributed by atoms with Crippen molar-refractivity contribution in [1.29, 1.82) is 0 Å². The molecule has 1 fully saturated rings. The summed E-state index contributed by atoms with van der Waals surface area (Å²) in [4.78, 5) is 17.3. The zero-order valence-electron chi connectivity index (χ0n) is 19.1. The van der Waals surface area contributed by atoms with E-state index in [2.05, 4.69) is 85.3 Å². The van der Waals surface area contributed by atoms with Crippen molar-refractivity contribution in [3.8, 4) is 0 Å². The monoisotopic (exact) mass is 407 g/mol. The fourth-order valence-electron chi connectivity index (χ4n) is 4.22. The summed E-state index contributed by atoms with van der Waals surface area (Å²) in [5, 5.41) is 3.19. The Hall–Kier alpha value is -2.33. The molecule has 2 aromatic carbocycles. The van der Waals surface area contributed by atoms with Crippen LogP contribution in [-0.2, 0) is 11.2 Å². The van der Waals surface area contributed by atoms with Gasteiger partial charge in [-0.05, 0) is 69.4 Å². The minimum Gasteiger partial charge on any atom is -0.369 e. The molecule has 162 valence electrons. The normalized spacial score (nSPS) is 15.8. The number of piperazine rings is 1. The van der Waals surface area contributed by atoms with Gasteiger partial charge in [0.25, 0.3) is 0 Å². The third kappa shape index (κ3) is 6.60. The van der Waals surface area contributed by atoms with Gasteiger partial charge in [-0.3, -0.25) is 9.69 Å². The Morgan fingerprint density at radius 1 is 1.00 bits per heavy atom. The van der Waals surface area contributed by atoms with Crippen molar-refractivity contribution in [2.75, 3.05) is 37.6 Å². The van der Waals surface area contributed by atoms with Gasteiger partial charge in [0, 0.05) is 50.9 Å². The van der Waals surface area contributed by atoms with Gasteiger partial charge < -0.3 is 10.2 Å². The number of amides is 1. The minimum absolute atomic E-state index is 0.159. The second-order valence-corrected chi connectivity index (χ2v) is 8.85. The summed E-state index contributed by atoms with van der Waals surface area (Å²) < 4.78 is 0. The number of rotatable bonds is 8. The summed E-state index contributed by atoms with van der Waals surface area (Å²) in [6.45, 7) is 13.9. The first-order valence-electron chi connectivity index (χ1n) is 11.3. The van der Waals surface area contributed by atoms with Gasteiger partial charge in [0.15, 0.2) is 0 Å². The van der Waals surface area contributed by atoms with Crippen LogP contribution < -0.4 is 10.2 Å². The van der Waals surface area contributed by atoms with E-state index in [1.54, 1.807) is 0 Å². The van der Waals surface area contributed by atoms with Crippen LogP contribution in [0.15, 0.2) is 42.5 Å². The zero-order valence-corrected chi connectivity index (χ0v) is 19.1. The highest BCUT2D eigenvalue weighted by atomic mass is 16.1. The zero-order chi connectivity index (χ0) is 21.5. The van der Waals surface area contributed by atoms with Gasteiger partial charge in [0.05, 0.1) is 0 Å². The van der Waals surface area contributed by atoms with Crippen molar-refractivity contribution in [2.45, 2.75) is 53.0 Å². The van der Waals surface area contributed by atoms with Crippen molar-refractivity contribution >= 4 is 11.6 Å². The van der Waals surface area contributed by atoms with E-state index in [1.807, 2.05) is 0 Å². The highest BCUT2D eigenvalue weighted by Gasteiger charge is 2.18. The van der Waals surface area contributed by atoms with Gasteiger partial charge in [-0.25, -0.2) is 0 Å². The fraction of sp³-hybridized carbons (Fsp3) is 0.500. The van der Waals surface area contributed by atoms with Crippen molar-refractivity contribution in [3.05, 3.63) is 64.7 Å². The molecular formula is C26H37N3O. The van der Waals surface area contributed by atoms with E-state index in [1.165, 1.54) is 27.9 Å². The molecule has 1 saturated heterocycles. The molecular weight excluding hydrogens is 370 g/mol. The molecule has 0 radical (unpaired) electrons. The van der Waals surface area contributed by atoms with E-state index in [9.17, 15) is 4.79 Å². The second kappa shape index (κ2) is 10.6. The molecule has 3 rings (SSSR count). The molecule has 30 heavy (non-hydrogen) atoms. The molecule has 1 atom stereocenters. The van der Waals surface area contributed by atoms with E-state index in [4.69, 9.17) is 0 Å². The summed E-state index contributed by atoms with van der Waals surface area (Å²) in [7, 11) is 0. The Morgan fingerprint density at radius 2 is 1.73 bits per heavy atom. The van der Waals surface area contributed by atoms with Gasteiger partial charge in [-0.1, -0.05) is 35.9 Å². The molecule has 0 saturated carbocycles. The van der Waals surface area contributed by atoms with Crippen LogP contribution in [0.4, 0.5) is 5.69 Å². The SMILES string of the molecule is Cc1cccc(N2CCN(CCC(C)NC(=O)CCc3ccc(C)cc3C)CC2)c1. The van der Waals surface area contributed by atoms with Crippen LogP contribution in [0.5, 0.6) is 0 Å². The number of nitrogens with one attached hydrogen (secondary N) is 1. The van der Waals surface area contributed by atoms with Crippen LogP contribution in [0.1, 0.15) is 42.0 Å². The average Bonchev–Trinajstić information content (AvgIpc) is 2.72. The summed E-state index contributed by atoms with van der Waals surface area (Å²) in [6, 6.07) is 15.4. The topological polar surface area (TPSA) is 35.6 Å². The second-order valence-electron chi connectivity index (χ2n) is 8.85. The molecule has 1 N–H and O–H groups in total. The highest BCUT2D eigenvalue weighted by Crippen LogP contribution is 2.18. The molecule has 4 heteroatoms. The lowest BCUT2D eigenvalue weighted by atomic mass is 10.0. The van der Waals surface area contributed by atoms with E-state index in [-0.39, 0.29) is 11.9 Å². The van der Waals surface area contributed by atoms with Crippen LogP contribution >= 0.6 is 0 Å². The molecule has 1 unspecified atom stereocenters. The van der Waals surface area contributed by atoms with Gasteiger partial charge in [0.1, 0.15) is 0 Å². The van der Waals surface area contributed by atoms with E-state index < -0.39 is 0 Å². The summed E-state index contributed by atoms with van der Waals surface area (Å²) in [5.74, 6) is 0.159. The Kier molecular flexibility index (Phi) is 7.92. The third-order valence-corrected chi connectivity index (χ3v) is 6.14. The maximum atomic E-state index is 12.4. The first-order valence-corrected chi connectivity index (χ1v) is 11.3. The van der Waals surface area contributed by atoms with Crippen molar-refractivity contribution in [3.63, 3.8) is 0 Å². The number of carbonyl (C=O) groups is 1. The molecule has 2 aromatic rings. The predicted molar refractivity (Wildman–Crippen MR) is 126 cm³/mol. The van der Waals surface area contributed by atoms with Crippen molar-refractivity contribution < 1.29 is 4.79 Å². The predicted octanol–water partition coefficient (Wildman–Crippen LogP) is 4.26. The molecule has 4 nitrogen and oxygen atoms in total. The van der Waals surface area contributed by atoms with Crippen LogP contribution in [0.25, 0.3) is 0 Å². The molecule has 1 aliphatic heterocycles. The van der Waals surface area contributed by atoms with Crippen LogP contribution in [0.2, 0.25) is 0 Å². The number of carbonyl (C=O) groups excluding carboxylic acids is 1. The number of hydrogen-bond donors (Lipinski definition) is 1. The Labute approximate surface area is 182 Å². The van der Waals surface area contributed by atoms with Crippen LogP contribution in [-0.4, -0.2) is 49.6 Å². The average molecular weight is 408 g/mol. The highest BCUT2D eigenvalue weighted by molar-refractivity contribution is 5.76. The standard InChI is InChI=1S/C26H37N3O/c1-20-6-5-7-25(19-20)29-16-14-28(15-17-29)13-12-23(4)27-26(30)11-10-24-9-8-21(2)18-22(24)3/h5-9,18-19,23H,10-17H2,1-4H3,(H,27,30). The maximum absolute atomic E-state index is 12.4. The third-order valence-electron chi connectivity index (χ3n) is 6.14. The molecule has 1 aliphatic rings. The molecule has 0 spiro atoms. The van der Waals surface area contributed by atoms with Crippen LogP contribution in [0, 0.1) is 20.8 Å². The number of hydrogen-bond acceptors (Lipinski definition) is 3. The van der Waals surface area contributed by atoms with Crippen LogP contribution in [0.3, 0.4) is 0 Å².